The lowest BCUT2D eigenvalue weighted by molar-refractivity contribution is 0.613. The van der Waals surface area contributed by atoms with Crippen molar-refractivity contribution in [3.63, 3.8) is 0 Å². The summed E-state index contributed by atoms with van der Waals surface area (Å²) in [4.78, 5) is 3.49. The van der Waals surface area contributed by atoms with Gasteiger partial charge in [-0.2, -0.15) is 5.10 Å². The largest absolute Gasteiger partial charge is 0.373 e. The van der Waals surface area contributed by atoms with Crippen molar-refractivity contribution < 1.29 is 4.39 Å². The number of nitrogens with one attached hydrogen (secondary N) is 3. The highest BCUT2D eigenvalue weighted by atomic mass is 32.1. The molecule has 0 aliphatic rings. The number of terminal acetylenes is 1. The van der Waals surface area contributed by atoms with Crippen molar-refractivity contribution in [1.82, 2.24) is 14.8 Å². The molecular formula is C33H34FN5S. The first kappa shape index (κ1) is 28.6. The van der Waals surface area contributed by atoms with Crippen LogP contribution in [-0.2, 0) is 6.42 Å². The third-order valence-corrected chi connectivity index (χ3v) is 7.34. The molecule has 0 spiro atoms. The number of benzene rings is 3. The van der Waals surface area contributed by atoms with Crippen molar-refractivity contribution in [2.75, 3.05) is 17.1 Å². The minimum Gasteiger partial charge on any atom is -0.373 e. The van der Waals surface area contributed by atoms with Gasteiger partial charge in [-0.15, -0.1) is 12.8 Å². The minimum absolute atomic E-state index is 0.173. The fourth-order valence-electron chi connectivity index (χ4n) is 5.24. The second-order valence-electron chi connectivity index (χ2n) is 9.95. The van der Waals surface area contributed by atoms with Crippen molar-refractivity contribution in [2.24, 2.45) is 0 Å². The van der Waals surface area contributed by atoms with Gasteiger partial charge >= 0.3 is 0 Å². The Morgan fingerprint density at radius 1 is 1.02 bits per heavy atom. The number of thiol groups is 1. The summed E-state index contributed by atoms with van der Waals surface area (Å²) in [5.74, 6) is 0.680. The predicted octanol–water partition coefficient (Wildman–Crippen LogP) is 7.93. The lowest BCUT2D eigenvalue weighted by Gasteiger charge is -2.16. The Bertz CT molecular complexity index is 1720. The number of anilines is 2. The van der Waals surface area contributed by atoms with Crippen LogP contribution in [0.3, 0.4) is 0 Å². The van der Waals surface area contributed by atoms with Crippen molar-refractivity contribution in [2.45, 2.75) is 34.1 Å². The average Bonchev–Trinajstić information content (AvgIpc) is 3.54. The zero-order valence-corrected chi connectivity index (χ0v) is 24.4. The average molecular weight is 552 g/mol. The molecule has 0 saturated carbocycles. The summed E-state index contributed by atoms with van der Waals surface area (Å²) in [6.07, 6.45) is 10.4. The Morgan fingerprint density at radius 2 is 1.73 bits per heavy atom. The van der Waals surface area contributed by atoms with Crippen LogP contribution in [0.15, 0.2) is 61.3 Å². The summed E-state index contributed by atoms with van der Waals surface area (Å²) in [7, 11) is 1.89. The van der Waals surface area contributed by atoms with Crippen molar-refractivity contribution in [3.8, 4) is 18.5 Å². The smallest absolute Gasteiger partial charge is 0.137 e. The number of halogens is 1. The first-order valence-corrected chi connectivity index (χ1v) is 13.3. The van der Waals surface area contributed by atoms with E-state index in [1.165, 1.54) is 0 Å². The molecular weight excluding hydrogens is 517 g/mol. The van der Waals surface area contributed by atoms with Crippen LogP contribution in [0.4, 0.5) is 15.9 Å². The fourth-order valence-corrected chi connectivity index (χ4v) is 5.48. The molecule has 0 atom stereocenters. The Morgan fingerprint density at radius 3 is 2.38 bits per heavy atom. The van der Waals surface area contributed by atoms with Gasteiger partial charge in [0.1, 0.15) is 11.6 Å². The number of aryl methyl sites for hydroxylation is 4. The van der Waals surface area contributed by atoms with Crippen LogP contribution in [0, 0.1) is 46.4 Å². The van der Waals surface area contributed by atoms with Gasteiger partial charge in [0.15, 0.2) is 0 Å². The molecule has 5 nitrogen and oxygen atoms in total. The number of aromatic amines is 1. The minimum atomic E-state index is -0.173. The molecule has 204 valence electrons. The molecule has 0 bridgehead atoms. The van der Waals surface area contributed by atoms with Gasteiger partial charge in [0, 0.05) is 46.9 Å². The van der Waals surface area contributed by atoms with E-state index in [0.717, 1.165) is 72.7 Å². The molecule has 0 unspecified atom stereocenters. The summed E-state index contributed by atoms with van der Waals surface area (Å²) in [5.41, 5.74) is 11.7. The van der Waals surface area contributed by atoms with Crippen LogP contribution in [0.1, 0.15) is 44.6 Å². The van der Waals surface area contributed by atoms with Crippen molar-refractivity contribution in [3.05, 3.63) is 112 Å². The van der Waals surface area contributed by atoms with E-state index in [4.69, 9.17) is 5.10 Å². The molecule has 0 aliphatic heterocycles. The van der Waals surface area contributed by atoms with Crippen molar-refractivity contribution in [1.29, 1.82) is 0 Å². The van der Waals surface area contributed by atoms with Crippen molar-refractivity contribution >= 4 is 40.8 Å². The van der Waals surface area contributed by atoms with Gasteiger partial charge in [-0.25, -0.2) is 9.07 Å². The van der Waals surface area contributed by atoms with Gasteiger partial charge in [-0.05, 0) is 79.8 Å². The first-order chi connectivity index (χ1) is 19.2. The number of hydrogen-bond donors (Lipinski definition) is 4. The van der Waals surface area contributed by atoms with E-state index < -0.39 is 0 Å². The Balaban J connectivity index is 0.00000181. The maximum Gasteiger partial charge on any atom is 0.137 e. The molecule has 0 radical (unpaired) electrons. The Hall–Kier alpha value is -4.41. The highest BCUT2D eigenvalue weighted by Crippen LogP contribution is 2.34. The van der Waals surface area contributed by atoms with Gasteiger partial charge in [-0.1, -0.05) is 49.2 Å². The predicted molar refractivity (Wildman–Crippen MR) is 170 cm³/mol. The normalized spacial score (nSPS) is 10.7. The van der Waals surface area contributed by atoms with Gasteiger partial charge in [-0.3, -0.25) is 0 Å². The molecule has 0 aliphatic carbocycles. The number of hydrogen-bond acceptors (Lipinski definition) is 4. The molecule has 2 aromatic heterocycles. The van der Waals surface area contributed by atoms with Crippen LogP contribution in [-0.4, -0.2) is 21.8 Å². The fraction of sp³-hybridized carbons (Fsp3) is 0.182. The van der Waals surface area contributed by atoms with Crippen LogP contribution < -0.4 is 10.0 Å². The maximum absolute atomic E-state index is 14.4. The van der Waals surface area contributed by atoms with Crippen LogP contribution in [0.25, 0.3) is 22.2 Å². The number of rotatable bonds is 7. The summed E-state index contributed by atoms with van der Waals surface area (Å²) in [5, 5.41) is 9.20. The molecule has 3 N–H and O–H groups in total. The van der Waals surface area contributed by atoms with E-state index in [1.54, 1.807) is 12.1 Å². The number of fused-ring (bicyclic) bond motifs is 1. The standard InChI is InChI=1S/C31H32FN5S.C2H2/c1-17-7-8-26(32)23(9-17)13-22-10-19(3)30(20(4)11-22)37-31(33-6)25(16-34-37)21(5)28-14-24-12-18(2)27(36-38)15-29(24)35-28;1-2/h7-12,14-16,33,35-36,38H,5,13H2,1-4,6H3;1-2H. The molecule has 0 fully saturated rings. The van der Waals surface area contributed by atoms with E-state index in [9.17, 15) is 4.39 Å². The summed E-state index contributed by atoms with van der Waals surface area (Å²) in [6, 6.07) is 15.8. The second-order valence-corrected chi connectivity index (χ2v) is 10.2. The molecule has 5 aromatic rings. The quantitative estimate of drug-likeness (QED) is 0.123. The van der Waals surface area contributed by atoms with Gasteiger partial charge in [0.25, 0.3) is 0 Å². The third-order valence-electron chi connectivity index (χ3n) is 7.10. The van der Waals surface area contributed by atoms with Crippen LogP contribution in [0.2, 0.25) is 0 Å². The Kier molecular flexibility index (Phi) is 8.41. The lowest BCUT2D eigenvalue weighted by Crippen LogP contribution is -2.08. The molecule has 40 heavy (non-hydrogen) atoms. The number of nitrogens with zero attached hydrogens (tertiary/aromatic N) is 2. The number of H-pyrrole nitrogens is 1. The van der Waals surface area contributed by atoms with E-state index in [2.05, 4.69) is 92.3 Å². The molecule has 2 heterocycles. The molecule has 0 amide bonds. The van der Waals surface area contributed by atoms with Crippen LogP contribution in [0.5, 0.6) is 0 Å². The summed E-state index contributed by atoms with van der Waals surface area (Å²) >= 11 is 4.21. The van der Waals surface area contributed by atoms with Gasteiger partial charge in [0.2, 0.25) is 0 Å². The molecule has 5 rings (SSSR count). The summed E-state index contributed by atoms with van der Waals surface area (Å²) < 4.78 is 19.3. The van der Waals surface area contributed by atoms with E-state index in [-0.39, 0.29) is 5.82 Å². The maximum atomic E-state index is 14.4. The summed E-state index contributed by atoms with van der Waals surface area (Å²) in [6.45, 7) is 12.6. The highest BCUT2D eigenvalue weighted by Gasteiger charge is 2.19. The Labute approximate surface area is 241 Å². The zero-order valence-electron chi connectivity index (χ0n) is 23.5. The second kappa shape index (κ2) is 11.8. The van der Waals surface area contributed by atoms with E-state index in [1.807, 2.05) is 37.0 Å². The highest BCUT2D eigenvalue weighted by molar-refractivity contribution is 7.81. The topological polar surface area (TPSA) is 57.7 Å². The lowest BCUT2D eigenvalue weighted by atomic mass is 9.97. The molecule has 3 aromatic carbocycles. The van der Waals surface area contributed by atoms with E-state index in [0.29, 0.717) is 12.0 Å². The van der Waals surface area contributed by atoms with Crippen LogP contribution >= 0.6 is 12.8 Å². The van der Waals surface area contributed by atoms with E-state index >= 15 is 0 Å². The molecule has 7 heteroatoms. The number of aromatic nitrogens is 3. The molecule has 0 saturated heterocycles. The first-order valence-electron chi connectivity index (χ1n) is 12.9. The zero-order chi connectivity index (χ0) is 29.1. The monoisotopic (exact) mass is 551 g/mol. The SMILES string of the molecule is C#C.C=C(c1cc2cc(C)c(NS)cc2[nH]1)c1cnn(-c2c(C)cc(Cc3cc(C)ccc3F)cc2C)c1NC. The van der Waals surface area contributed by atoms with Gasteiger partial charge < -0.3 is 15.0 Å². The third kappa shape index (κ3) is 5.36. The van der Waals surface area contributed by atoms with Gasteiger partial charge in [0.05, 0.1) is 11.9 Å².